The number of sulfonamides is 1. The minimum Gasteiger partial charge on any atom is -0.351 e. The van der Waals surface area contributed by atoms with Crippen LogP contribution in [0.2, 0.25) is 0 Å². The summed E-state index contributed by atoms with van der Waals surface area (Å²) in [4.78, 5) is 12.6. The van der Waals surface area contributed by atoms with Gasteiger partial charge in [0.1, 0.15) is 10.6 Å². The number of rotatable bonds is 7. The molecular weight excluding hydrogens is 366 g/mol. The molecule has 1 aliphatic heterocycles. The van der Waals surface area contributed by atoms with Crippen molar-refractivity contribution in [3.8, 4) is 0 Å². The van der Waals surface area contributed by atoms with Crippen molar-refractivity contribution in [1.82, 2.24) is 24.0 Å². The Morgan fingerprint density at radius 3 is 2.59 bits per heavy atom. The first kappa shape index (κ1) is 19.6. The Balaban J connectivity index is 1.59. The van der Waals surface area contributed by atoms with Gasteiger partial charge in [-0.05, 0) is 37.3 Å². The Morgan fingerprint density at radius 2 is 1.93 bits per heavy atom. The predicted molar refractivity (Wildman–Crippen MR) is 102 cm³/mol. The molecule has 1 saturated heterocycles. The Morgan fingerprint density at radius 1 is 1.19 bits per heavy atom. The molecule has 3 heterocycles. The maximum atomic E-state index is 12.8. The summed E-state index contributed by atoms with van der Waals surface area (Å²) in [5.74, 6) is -0.260. The van der Waals surface area contributed by atoms with Gasteiger partial charge in [-0.2, -0.15) is 9.40 Å². The number of aromatic nitrogens is 3. The Hall–Kier alpha value is -2.13. The summed E-state index contributed by atoms with van der Waals surface area (Å²) in [6.45, 7) is 1.62. The second kappa shape index (κ2) is 8.26. The lowest BCUT2D eigenvalue weighted by Crippen LogP contribution is -2.35. The zero-order valence-electron chi connectivity index (χ0n) is 15.9. The van der Waals surface area contributed by atoms with Crippen molar-refractivity contribution in [3.63, 3.8) is 0 Å². The van der Waals surface area contributed by atoms with Gasteiger partial charge >= 0.3 is 0 Å². The van der Waals surface area contributed by atoms with E-state index in [9.17, 15) is 13.2 Å². The van der Waals surface area contributed by atoms with E-state index in [2.05, 4.69) is 10.4 Å². The van der Waals surface area contributed by atoms with E-state index in [4.69, 9.17) is 0 Å². The molecule has 148 valence electrons. The molecule has 0 bridgehead atoms. The molecule has 1 fully saturated rings. The molecule has 1 N–H and O–H groups in total. The van der Waals surface area contributed by atoms with Gasteiger partial charge in [0.25, 0.3) is 5.91 Å². The molecule has 0 saturated carbocycles. The van der Waals surface area contributed by atoms with E-state index in [-0.39, 0.29) is 10.8 Å². The zero-order valence-corrected chi connectivity index (χ0v) is 16.7. The summed E-state index contributed by atoms with van der Waals surface area (Å²) in [5, 5.41) is 6.98. The zero-order chi connectivity index (χ0) is 19.4. The van der Waals surface area contributed by atoms with Gasteiger partial charge in [0, 0.05) is 46.1 Å². The van der Waals surface area contributed by atoms with E-state index in [0.717, 1.165) is 37.7 Å². The average Bonchev–Trinajstić information content (AvgIpc) is 3.25. The van der Waals surface area contributed by atoms with Crippen LogP contribution in [0.5, 0.6) is 0 Å². The highest BCUT2D eigenvalue weighted by Crippen LogP contribution is 2.22. The van der Waals surface area contributed by atoms with Crippen LogP contribution in [0.1, 0.15) is 41.7 Å². The molecule has 2 aromatic heterocycles. The Kier molecular flexibility index (Phi) is 6.01. The monoisotopic (exact) mass is 393 g/mol. The number of nitrogens with one attached hydrogen (secondary N) is 1. The fourth-order valence-electron chi connectivity index (χ4n) is 3.34. The number of hydrogen-bond acceptors (Lipinski definition) is 4. The molecule has 0 radical (unpaired) electrons. The third-order valence-electron chi connectivity index (χ3n) is 4.85. The molecular formula is C18H27N5O3S. The molecule has 3 rings (SSSR count). The van der Waals surface area contributed by atoms with Crippen LogP contribution in [0.25, 0.3) is 0 Å². The lowest BCUT2D eigenvalue weighted by Gasteiger charge is -2.25. The molecule has 9 heteroatoms. The summed E-state index contributed by atoms with van der Waals surface area (Å²) in [5.41, 5.74) is 1.48. The van der Waals surface area contributed by atoms with Gasteiger partial charge in [0.2, 0.25) is 10.0 Å². The largest absolute Gasteiger partial charge is 0.351 e. The van der Waals surface area contributed by atoms with Gasteiger partial charge in [-0.1, -0.05) is 6.42 Å². The lowest BCUT2D eigenvalue weighted by molar-refractivity contribution is 0.0945. The highest BCUT2D eigenvalue weighted by atomic mass is 32.2. The predicted octanol–water partition coefficient (Wildman–Crippen LogP) is 1.30. The van der Waals surface area contributed by atoms with Crippen molar-refractivity contribution in [3.05, 3.63) is 35.9 Å². The maximum absolute atomic E-state index is 12.8. The van der Waals surface area contributed by atoms with Gasteiger partial charge in [-0.15, -0.1) is 0 Å². The van der Waals surface area contributed by atoms with Crippen molar-refractivity contribution in [2.75, 3.05) is 19.6 Å². The summed E-state index contributed by atoms with van der Waals surface area (Å²) in [6.07, 6.45) is 9.75. The van der Waals surface area contributed by atoms with Gasteiger partial charge in [0.15, 0.2) is 0 Å². The second-order valence-corrected chi connectivity index (χ2v) is 8.96. The third-order valence-corrected chi connectivity index (χ3v) is 6.72. The average molecular weight is 394 g/mol. The Labute approximate surface area is 160 Å². The fraction of sp³-hybridized carbons (Fsp3) is 0.556. The first-order valence-corrected chi connectivity index (χ1v) is 10.7. The number of aryl methyl sites for hydroxylation is 3. The number of hydrogen-bond donors (Lipinski definition) is 1. The summed E-state index contributed by atoms with van der Waals surface area (Å²) >= 11 is 0. The van der Waals surface area contributed by atoms with Gasteiger partial charge in [-0.25, -0.2) is 8.42 Å². The van der Waals surface area contributed by atoms with E-state index in [1.807, 2.05) is 19.4 Å². The van der Waals surface area contributed by atoms with Crippen LogP contribution in [0.4, 0.5) is 0 Å². The molecule has 8 nitrogen and oxygen atoms in total. The Bertz CT molecular complexity index is 894. The number of nitrogens with zero attached hydrogens (tertiary/aromatic N) is 4. The van der Waals surface area contributed by atoms with Crippen molar-refractivity contribution in [2.24, 2.45) is 14.1 Å². The highest BCUT2D eigenvalue weighted by Gasteiger charge is 2.28. The maximum Gasteiger partial charge on any atom is 0.267 e. The standard InChI is InChI=1S/C18H27N5O3S/c1-21-14-16(27(25,26)23-9-4-3-5-10-23)11-17(21)18(24)19-8-6-7-15-12-20-22(2)13-15/h11-14H,3-10H2,1-2H3,(H,19,24). The van der Waals surface area contributed by atoms with E-state index >= 15 is 0 Å². The molecule has 0 atom stereocenters. The third kappa shape index (κ3) is 4.59. The second-order valence-electron chi connectivity index (χ2n) is 7.02. The van der Waals surface area contributed by atoms with E-state index < -0.39 is 10.0 Å². The number of carbonyl (C=O) groups excluding carboxylic acids is 1. The molecule has 0 aliphatic carbocycles. The molecule has 27 heavy (non-hydrogen) atoms. The molecule has 0 spiro atoms. The first-order valence-electron chi connectivity index (χ1n) is 9.30. The lowest BCUT2D eigenvalue weighted by atomic mass is 10.2. The van der Waals surface area contributed by atoms with Gasteiger partial charge < -0.3 is 9.88 Å². The summed E-state index contributed by atoms with van der Waals surface area (Å²) in [7, 11) is 0.0326. The van der Waals surface area contributed by atoms with Gasteiger partial charge in [-0.3, -0.25) is 9.48 Å². The van der Waals surface area contributed by atoms with E-state index in [1.165, 1.54) is 16.6 Å². The topological polar surface area (TPSA) is 89.2 Å². The molecule has 1 aliphatic rings. The van der Waals surface area contributed by atoms with Crippen LogP contribution in [0.15, 0.2) is 29.6 Å². The number of amides is 1. The number of piperidine rings is 1. The molecule has 0 unspecified atom stereocenters. The minimum atomic E-state index is -3.53. The smallest absolute Gasteiger partial charge is 0.267 e. The fourth-order valence-corrected chi connectivity index (χ4v) is 4.93. The van der Waals surface area contributed by atoms with Gasteiger partial charge in [0.05, 0.1) is 6.20 Å². The van der Waals surface area contributed by atoms with E-state index in [0.29, 0.717) is 25.3 Å². The van der Waals surface area contributed by atoms with Crippen molar-refractivity contribution < 1.29 is 13.2 Å². The van der Waals surface area contributed by atoms with Crippen LogP contribution in [0.3, 0.4) is 0 Å². The normalized spacial score (nSPS) is 15.8. The highest BCUT2D eigenvalue weighted by molar-refractivity contribution is 7.89. The molecule has 1 amide bonds. The van der Waals surface area contributed by atoms with Crippen molar-refractivity contribution in [1.29, 1.82) is 0 Å². The van der Waals surface area contributed by atoms with Crippen LogP contribution in [-0.4, -0.2) is 52.6 Å². The minimum absolute atomic E-state index is 0.187. The van der Waals surface area contributed by atoms with Crippen LogP contribution in [0, 0.1) is 0 Å². The summed E-state index contributed by atoms with van der Waals surface area (Å²) < 4.78 is 30.4. The quantitative estimate of drug-likeness (QED) is 0.718. The van der Waals surface area contributed by atoms with Crippen LogP contribution >= 0.6 is 0 Å². The number of carbonyl (C=O) groups is 1. The van der Waals surface area contributed by atoms with Crippen molar-refractivity contribution in [2.45, 2.75) is 37.0 Å². The van der Waals surface area contributed by atoms with Crippen molar-refractivity contribution >= 4 is 15.9 Å². The summed E-state index contributed by atoms with van der Waals surface area (Å²) in [6, 6.07) is 1.47. The first-order chi connectivity index (χ1) is 12.9. The molecule has 2 aromatic rings. The molecule has 0 aromatic carbocycles. The van der Waals surface area contributed by atoms with Crippen LogP contribution < -0.4 is 5.32 Å². The SMILES string of the molecule is Cn1cc(CCCNC(=O)c2cc(S(=O)(=O)N3CCCCC3)cn2C)cn1. The van der Waals surface area contributed by atoms with E-state index in [1.54, 1.807) is 16.3 Å². The van der Waals surface area contributed by atoms with Crippen LogP contribution in [-0.2, 0) is 30.5 Å².